The number of allylic oxidation sites excluding steroid dienone is 8. The van der Waals surface area contributed by atoms with Crippen LogP contribution in [0, 0.1) is 5.92 Å². The van der Waals surface area contributed by atoms with Crippen LogP contribution in [0.5, 0.6) is 0 Å². The minimum atomic E-state index is 0.344. The fourth-order valence-corrected chi connectivity index (χ4v) is 4.67. The predicted octanol–water partition coefficient (Wildman–Crippen LogP) is 6.61. The highest BCUT2D eigenvalue weighted by Crippen LogP contribution is 2.44. The average Bonchev–Trinajstić information content (AvgIpc) is 2.83. The van der Waals surface area contributed by atoms with Gasteiger partial charge in [0.05, 0.1) is 0 Å². The fourth-order valence-electron chi connectivity index (χ4n) is 4.67. The number of hydrogen-bond acceptors (Lipinski definition) is 1. The zero-order valence-corrected chi connectivity index (χ0v) is 16.4. The minimum absolute atomic E-state index is 0.344. The number of rotatable bonds is 2. The molecule has 28 heavy (non-hydrogen) atoms. The van der Waals surface area contributed by atoms with Gasteiger partial charge in [0.1, 0.15) is 0 Å². The smallest absolute Gasteiger partial charge is 0.0460 e. The van der Waals surface area contributed by atoms with Crippen molar-refractivity contribution in [3.05, 3.63) is 119 Å². The molecule has 2 aromatic rings. The zero-order chi connectivity index (χ0) is 19.1. The van der Waals surface area contributed by atoms with E-state index in [0.717, 1.165) is 6.42 Å². The Hall–Kier alpha value is -3.06. The van der Waals surface area contributed by atoms with E-state index >= 15 is 0 Å². The van der Waals surface area contributed by atoms with E-state index < -0.39 is 0 Å². The highest BCUT2D eigenvalue weighted by atomic mass is 14.9. The van der Waals surface area contributed by atoms with Gasteiger partial charge in [0.15, 0.2) is 0 Å². The fraction of sp³-hybridized carbons (Fsp3) is 0.185. The maximum Gasteiger partial charge on any atom is 0.0460 e. The van der Waals surface area contributed by atoms with Gasteiger partial charge >= 0.3 is 0 Å². The van der Waals surface area contributed by atoms with Crippen molar-refractivity contribution in [3.8, 4) is 0 Å². The van der Waals surface area contributed by atoms with Crippen LogP contribution in [0.25, 0.3) is 11.3 Å². The second-order valence-corrected chi connectivity index (χ2v) is 7.96. The van der Waals surface area contributed by atoms with Crippen molar-refractivity contribution in [2.24, 2.45) is 5.92 Å². The van der Waals surface area contributed by atoms with Gasteiger partial charge in [0.25, 0.3) is 0 Å². The lowest BCUT2D eigenvalue weighted by molar-refractivity contribution is 0.674. The molecule has 2 atom stereocenters. The molecule has 0 aromatic heterocycles. The molecule has 2 bridgehead atoms. The molecule has 1 aliphatic carbocycles. The molecule has 5 rings (SSSR count). The van der Waals surface area contributed by atoms with Crippen LogP contribution in [-0.4, -0.2) is 0 Å². The van der Waals surface area contributed by atoms with Crippen LogP contribution in [-0.2, 0) is 0 Å². The summed E-state index contributed by atoms with van der Waals surface area (Å²) in [7, 11) is 0. The summed E-state index contributed by atoms with van der Waals surface area (Å²) in [4.78, 5) is 0. The molecule has 1 heteroatoms. The first-order valence-electron chi connectivity index (χ1n) is 10.2. The van der Waals surface area contributed by atoms with E-state index in [0.29, 0.717) is 11.8 Å². The molecule has 0 fully saturated rings. The Kier molecular flexibility index (Phi) is 4.16. The van der Waals surface area contributed by atoms with Crippen molar-refractivity contribution >= 4 is 11.3 Å². The van der Waals surface area contributed by atoms with Crippen LogP contribution >= 0.6 is 0 Å². The lowest BCUT2D eigenvalue weighted by Gasteiger charge is -2.28. The highest BCUT2D eigenvalue weighted by Gasteiger charge is 2.30. The lowest BCUT2D eigenvalue weighted by atomic mass is 9.77. The summed E-state index contributed by atoms with van der Waals surface area (Å²) in [5, 5.41) is 3.72. The summed E-state index contributed by atoms with van der Waals surface area (Å²) in [5.41, 5.74) is 10.7. The number of benzene rings is 2. The molecule has 0 amide bonds. The molecule has 1 N–H and O–H groups in total. The van der Waals surface area contributed by atoms with E-state index in [1.807, 2.05) is 0 Å². The summed E-state index contributed by atoms with van der Waals surface area (Å²) in [6.45, 7) is 4.70. The summed E-state index contributed by atoms with van der Waals surface area (Å²) in [6, 6.07) is 19.6. The zero-order valence-electron chi connectivity index (χ0n) is 16.4. The van der Waals surface area contributed by atoms with E-state index in [4.69, 9.17) is 0 Å². The number of fused-ring (bicyclic) bond motifs is 4. The van der Waals surface area contributed by atoms with Crippen LogP contribution < -0.4 is 5.32 Å². The van der Waals surface area contributed by atoms with E-state index in [2.05, 4.69) is 104 Å². The Balaban J connectivity index is 1.67. The van der Waals surface area contributed by atoms with Gasteiger partial charge in [-0.25, -0.2) is 0 Å². The van der Waals surface area contributed by atoms with Gasteiger partial charge in [-0.3, -0.25) is 0 Å². The van der Waals surface area contributed by atoms with Crippen molar-refractivity contribution in [1.29, 1.82) is 0 Å². The second kappa shape index (κ2) is 6.83. The Bertz CT molecular complexity index is 1080. The van der Waals surface area contributed by atoms with Crippen LogP contribution in [0.1, 0.15) is 42.9 Å². The largest absolute Gasteiger partial charge is 0.355 e. The topological polar surface area (TPSA) is 12.0 Å². The minimum Gasteiger partial charge on any atom is -0.355 e. The van der Waals surface area contributed by atoms with Crippen LogP contribution in [0.4, 0.5) is 0 Å². The van der Waals surface area contributed by atoms with Crippen LogP contribution in [0.15, 0.2) is 102 Å². The molecular weight excluding hydrogens is 338 g/mol. The van der Waals surface area contributed by atoms with E-state index in [-0.39, 0.29) is 0 Å². The molecule has 2 aromatic carbocycles. The molecule has 0 saturated heterocycles. The summed E-state index contributed by atoms with van der Waals surface area (Å²) in [5.74, 6) is 0.850. The number of hydrogen-bond donors (Lipinski definition) is 1. The summed E-state index contributed by atoms with van der Waals surface area (Å²) in [6.07, 6.45) is 12.5. The Morgan fingerprint density at radius 3 is 2.57 bits per heavy atom. The molecular formula is C27H25N. The van der Waals surface area contributed by atoms with Crippen LogP contribution in [0.3, 0.4) is 0 Å². The Morgan fingerprint density at radius 2 is 1.71 bits per heavy atom. The quantitative estimate of drug-likeness (QED) is 0.633. The van der Waals surface area contributed by atoms with E-state index in [9.17, 15) is 0 Å². The van der Waals surface area contributed by atoms with Gasteiger partial charge < -0.3 is 5.32 Å². The second-order valence-electron chi connectivity index (χ2n) is 7.96. The molecule has 2 unspecified atom stereocenters. The molecule has 138 valence electrons. The normalized spacial score (nSPS) is 23.1. The van der Waals surface area contributed by atoms with Crippen molar-refractivity contribution < 1.29 is 0 Å². The van der Waals surface area contributed by atoms with Crippen molar-refractivity contribution in [1.82, 2.24) is 5.32 Å². The highest BCUT2D eigenvalue weighted by molar-refractivity contribution is 5.80. The van der Waals surface area contributed by atoms with Gasteiger partial charge in [-0.15, -0.1) is 0 Å². The molecule has 2 heterocycles. The van der Waals surface area contributed by atoms with Gasteiger partial charge in [-0.05, 0) is 52.3 Å². The molecule has 0 radical (unpaired) electrons. The number of dihydropyridines is 1. The lowest BCUT2D eigenvalue weighted by Crippen LogP contribution is -2.17. The Morgan fingerprint density at radius 1 is 0.929 bits per heavy atom. The standard InChI is InChI=1S/C27H25N/c1-18-15-16-21(20-9-4-3-5-10-20)17-24(18)27-19(2)22-11-6-7-12-23(22)25-13-8-14-26(27)28-25/h3-14,16-19,28H,15H2,1-2H3. The maximum absolute atomic E-state index is 3.72. The van der Waals surface area contributed by atoms with Gasteiger partial charge in [-0.1, -0.05) is 86.7 Å². The molecule has 0 saturated carbocycles. The maximum atomic E-state index is 3.72. The average molecular weight is 364 g/mol. The Labute approximate surface area is 167 Å². The van der Waals surface area contributed by atoms with Crippen molar-refractivity contribution in [2.45, 2.75) is 26.2 Å². The van der Waals surface area contributed by atoms with Gasteiger partial charge in [0.2, 0.25) is 0 Å². The third-order valence-corrected chi connectivity index (χ3v) is 6.19. The van der Waals surface area contributed by atoms with Gasteiger partial charge in [0, 0.05) is 22.9 Å². The first kappa shape index (κ1) is 17.1. The van der Waals surface area contributed by atoms with Crippen LogP contribution in [0.2, 0.25) is 0 Å². The molecule has 3 aliphatic rings. The molecule has 1 nitrogen and oxygen atoms in total. The van der Waals surface area contributed by atoms with Crippen molar-refractivity contribution in [2.75, 3.05) is 0 Å². The van der Waals surface area contributed by atoms with E-state index in [1.54, 1.807) is 0 Å². The monoisotopic (exact) mass is 363 g/mol. The summed E-state index contributed by atoms with van der Waals surface area (Å²) < 4.78 is 0. The molecule has 0 spiro atoms. The summed E-state index contributed by atoms with van der Waals surface area (Å²) >= 11 is 0. The third-order valence-electron chi connectivity index (χ3n) is 6.19. The van der Waals surface area contributed by atoms with Gasteiger partial charge in [-0.2, -0.15) is 0 Å². The SMILES string of the molecule is CC1CC=C(c2ccccc2)C=C1C1=C2C=CC=C(N2)c2ccccc2C1C. The third kappa shape index (κ3) is 2.79. The van der Waals surface area contributed by atoms with E-state index in [1.165, 1.54) is 44.8 Å². The predicted molar refractivity (Wildman–Crippen MR) is 118 cm³/mol. The number of nitrogens with one attached hydrogen (secondary N) is 1. The van der Waals surface area contributed by atoms with Crippen molar-refractivity contribution in [3.63, 3.8) is 0 Å². The molecule has 2 aliphatic heterocycles. The first-order chi connectivity index (χ1) is 13.7. The first-order valence-corrected chi connectivity index (χ1v) is 10.2.